The highest BCUT2D eigenvalue weighted by Gasteiger charge is 2.10. The number of pyridine rings is 1. The van der Waals surface area contributed by atoms with Crippen LogP contribution < -0.4 is 10.4 Å². The van der Waals surface area contributed by atoms with Gasteiger partial charge in [-0.2, -0.15) is 0 Å². The van der Waals surface area contributed by atoms with Crippen molar-refractivity contribution in [1.29, 1.82) is 0 Å². The zero-order chi connectivity index (χ0) is 12.7. The number of aromatic nitrogens is 2. The Bertz CT molecular complexity index is 808. The van der Waals surface area contributed by atoms with E-state index in [-0.39, 0.29) is 0 Å². The quantitative estimate of drug-likeness (QED) is 0.611. The Morgan fingerprint density at radius 1 is 1.28 bits per heavy atom. The van der Waals surface area contributed by atoms with Crippen molar-refractivity contribution in [3.8, 4) is 5.88 Å². The third-order valence-corrected chi connectivity index (χ3v) is 2.97. The standard InChI is InChI=1S/C13H10N2O3/c1-7-8-3-4-11(17-2)15-10(8)5-9-12(7)14-6-18-13(9)16/h3-6H,1-2H3. The van der Waals surface area contributed by atoms with Crippen molar-refractivity contribution < 1.29 is 9.15 Å². The molecular formula is C13H10N2O3. The number of methoxy groups -OCH3 is 1. The van der Waals surface area contributed by atoms with Gasteiger partial charge < -0.3 is 9.15 Å². The maximum Gasteiger partial charge on any atom is 0.346 e. The van der Waals surface area contributed by atoms with Crippen LogP contribution in [0.25, 0.3) is 21.8 Å². The fourth-order valence-electron chi connectivity index (χ4n) is 2.04. The van der Waals surface area contributed by atoms with Gasteiger partial charge in [0.2, 0.25) is 5.88 Å². The van der Waals surface area contributed by atoms with E-state index in [4.69, 9.17) is 9.15 Å². The van der Waals surface area contributed by atoms with Gasteiger partial charge in [0.05, 0.1) is 23.5 Å². The van der Waals surface area contributed by atoms with Crippen LogP contribution >= 0.6 is 0 Å². The number of benzene rings is 1. The first-order valence-corrected chi connectivity index (χ1v) is 5.42. The molecule has 0 saturated heterocycles. The summed E-state index contributed by atoms with van der Waals surface area (Å²) in [6.07, 6.45) is 1.17. The maximum absolute atomic E-state index is 11.7. The molecule has 2 aromatic heterocycles. The van der Waals surface area contributed by atoms with Gasteiger partial charge in [0.15, 0.2) is 6.39 Å². The molecule has 3 aromatic rings. The lowest BCUT2D eigenvalue weighted by molar-refractivity contribution is 0.399. The van der Waals surface area contributed by atoms with E-state index in [1.807, 2.05) is 13.0 Å². The lowest BCUT2D eigenvalue weighted by Gasteiger charge is -2.06. The van der Waals surface area contributed by atoms with E-state index in [1.54, 1.807) is 19.2 Å². The molecular weight excluding hydrogens is 232 g/mol. The van der Waals surface area contributed by atoms with Gasteiger partial charge in [0.1, 0.15) is 0 Å². The molecule has 0 radical (unpaired) electrons. The van der Waals surface area contributed by atoms with Crippen LogP contribution in [0.15, 0.2) is 33.8 Å². The molecule has 0 unspecified atom stereocenters. The first-order chi connectivity index (χ1) is 8.70. The van der Waals surface area contributed by atoms with E-state index < -0.39 is 5.63 Å². The normalized spacial score (nSPS) is 11.0. The van der Waals surface area contributed by atoms with Crippen LogP contribution in [0.2, 0.25) is 0 Å². The van der Waals surface area contributed by atoms with E-state index in [0.717, 1.165) is 10.9 Å². The molecule has 0 aliphatic heterocycles. The number of fused-ring (bicyclic) bond motifs is 2. The van der Waals surface area contributed by atoms with Crippen molar-refractivity contribution in [3.05, 3.63) is 40.6 Å². The van der Waals surface area contributed by atoms with Crippen molar-refractivity contribution in [2.45, 2.75) is 6.92 Å². The summed E-state index contributed by atoms with van der Waals surface area (Å²) in [6, 6.07) is 5.37. The van der Waals surface area contributed by atoms with Crippen LogP contribution in [0.5, 0.6) is 5.88 Å². The SMILES string of the molecule is COc1ccc2c(C)c3ncoc(=O)c3cc2n1. The third kappa shape index (κ3) is 1.44. The Hall–Kier alpha value is -2.43. The minimum Gasteiger partial charge on any atom is -0.481 e. The zero-order valence-corrected chi connectivity index (χ0v) is 9.93. The van der Waals surface area contributed by atoms with Crippen molar-refractivity contribution in [3.63, 3.8) is 0 Å². The summed E-state index contributed by atoms with van der Waals surface area (Å²) in [4.78, 5) is 20.1. The van der Waals surface area contributed by atoms with Gasteiger partial charge in [-0.1, -0.05) is 0 Å². The van der Waals surface area contributed by atoms with E-state index in [0.29, 0.717) is 22.3 Å². The van der Waals surface area contributed by atoms with Crippen molar-refractivity contribution in [2.75, 3.05) is 7.11 Å². The van der Waals surface area contributed by atoms with Crippen LogP contribution in [-0.4, -0.2) is 17.1 Å². The first-order valence-electron chi connectivity index (χ1n) is 5.42. The topological polar surface area (TPSA) is 65.2 Å². The molecule has 2 heterocycles. The molecule has 18 heavy (non-hydrogen) atoms. The molecule has 90 valence electrons. The molecule has 5 heteroatoms. The Morgan fingerprint density at radius 2 is 2.11 bits per heavy atom. The Kier molecular flexibility index (Phi) is 2.26. The summed E-state index contributed by atoms with van der Waals surface area (Å²) in [6.45, 7) is 1.91. The highest BCUT2D eigenvalue weighted by molar-refractivity contribution is 5.98. The molecule has 0 saturated carbocycles. The van der Waals surface area contributed by atoms with E-state index in [2.05, 4.69) is 9.97 Å². The highest BCUT2D eigenvalue weighted by atomic mass is 16.5. The van der Waals surface area contributed by atoms with Gasteiger partial charge in [0, 0.05) is 11.5 Å². The monoisotopic (exact) mass is 242 g/mol. The van der Waals surface area contributed by atoms with Gasteiger partial charge in [0.25, 0.3) is 0 Å². The average Bonchev–Trinajstić information content (AvgIpc) is 2.40. The predicted molar refractivity (Wildman–Crippen MR) is 66.9 cm³/mol. The second-order valence-electron chi connectivity index (χ2n) is 3.96. The van der Waals surface area contributed by atoms with E-state index in [9.17, 15) is 4.79 Å². The van der Waals surface area contributed by atoms with E-state index >= 15 is 0 Å². The third-order valence-electron chi connectivity index (χ3n) is 2.97. The molecule has 3 rings (SSSR count). The molecule has 0 amide bonds. The second kappa shape index (κ2) is 3.80. The highest BCUT2D eigenvalue weighted by Crippen LogP contribution is 2.25. The summed E-state index contributed by atoms with van der Waals surface area (Å²) >= 11 is 0. The molecule has 0 aliphatic rings. The van der Waals surface area contributed by atoms with Crippen LogP contribution in [0.3, 0.4) is 0 Å². The zero-order valence-electron chi connectivity index (χ0n) is 9.93. The van der Waals surface area contributed by atoms with Gasteiger partial charge in [-0.15, -0.1) is 0 Å². The smallest absolute Gasteiger partial charge is 0.346 e. The molecule has 1 aromatic carbocycles. The molecule has 0 atom stereocenters. The first kappa shape index (κ1) is 10.7. The van der Waals surface area contributed by atoms with Crippen LogP contribution in [0, 0.1) is 6.92 Å². The number of ether oxygens (including phenoxy) is 1. The van der Waals surface area contributed by atoms with E-state index in [1.165, 1.54) is 6.39 Å². The fourth-order valence-corrected chi connectivity index (χ4v) is 2.04. The lowest BCUT2D eigenvalue weighted by Crippen LogP contribution is -2.02. The minimum absolute atomic E-state index is 0.408. The Labute approximate surface area is 102 Å². The number of aryl methyl sites for hydroxylation is 1. The fraction of sp³-hybridized carbons (Fsp3) is 0.154. The van der Waals surface area contributed by atoms with Gasteiger partial charge >= 0.3 is 5.63 Å². The second-order valence-corrected chi connectivity index (χ2v) is 3.96. The molecule has 5 nitrogen and oxygen atoms in total. The molecule has 0 N–H and O–H groups in total. The summed E-state index contributed by atoms with van der Waals surface area (Å²) in [5, 5.41) is 1.38. The van der Waals surface area contributed by atoms with Crippen molar-refractivity contribution in [2.24, 2.45) is 0 Å². The number of rotatable bonds is 1. The Morgan fingerprint density at radius 3 is 2.89 bits per heavy atom. The molecule has 0 spiro atoms. The van der Waals surface area contributed by atoms with Crippen molar-refractivity contribution in [1.82, 2.24) is 9.97 Å². The molecule has 0 fully saturated rings. The number of hydrogen-bond acceptors (Lipinski definition) is 5. The summed E-state index contributed by atoms with van der Waals surface area (Å²) in [5.74, 6) is 0.509. The molecule has 0 aliphatic carbocycles. The predicted octanol–water partition coefficient (Wildman–Crippen LogP) is 2.05. The van der Waals surface area contributed by atoms with Gasteiger partial charge in [-0.05, 0) is 24.6 Å². The number of nitrogens with zero attached hydrogens (tertiary/aromatic N) is 2. The van der Waals surface area contributed by atoms with Crippen LogP contribution in [0.1, 0.15) is 5.56 Å². The largest absolute Gasteiger partial charge is 0.481 e. The van der Waals surface area contributed by atoms with Gasteiger partial charge in [-0.3, -0.25) is 0 Å². The summed E-state index contributed by atoms with van der Waals surface area (Å²) in [5.41, 5.74) is 1.84. The van der Waals surface area contributed by atoms with Crippen LogP contribution in [0.4, 0.5) is 0 Å². The molecule has 0 bridgehead atoms. The van der Waals surface area contributed by atoms with Gasteiger partial charge in [-0.25, -0.2) is 14.8 Å². The summed E-state index contributed by atoms with van der Waals surface area (Å²) in [7, 11) is 1.55. The maximum atomic E-state index is 11.7. The Balaban J connectivity index is 2.52. The minimum atomic E-state index is -0.408. The lowest BCUT2D eigenvalue weighted by atomic mass is 10.1. The van der Waals surface area contributed by atoms with Crippen molar-refractivity contribution >= 4 is 21.8 Å². The summed E-state index contributed by atoms with van der Waals surface area (Å²) < 4.78 is 9.85. The van der Waals surface area contributed by atoms with Crippen LogP contribution in [-0.2, 0) is 0 Å². The average molecular weight is 242 g/mol. The number of hydrogen-bond donors (Lipinski definition) is 0.